The third kappa shape index (κ3) is 3.22. The molecular weight excluding hydrogens is 288 g/mol. The van der Waals surface area contributed by atoms with Crippen molar-refractivity contribution in [1.29, 1.82) is 0 Å². The fourth-order valence-corrected chi connectivity index (χ4v) is 2.82. The van der Waals surface area contributed by atoms with Crippen molar-refractivity contribution >= 4 is 11.6 Å². The van der Waals surface area contributed by atoms with E-state index in [-0.39, 0.29) is 0 Å². The molecule has 0 aliphatic heterocycles. The highest BCUT2D eigenvalue weighted by Gasteiger charge is 2.20. The van der Waals surface area contributed by atoms with Crippen LogP contribution in [0.15, 0.2) is 18.2 Å². The summed E-state index contributed by atoms with van der Waals surface area (Å²) in [4.78, 5) is 0. The standard InChI is InChI=1S/C16H21ClN2O2/c1-5-12-16(17)13(19(3)18-12)9-14(20)11-8-10(2)6-7-15(11)21-4/h6-8,14,20H,5,9H2,1-4H3. The van der Waals surface area contributed by atoms with Gasteiger partial charge in [0.2, 0.25) is 0 Å². The summed E-state index contributed by atoms with van der Waals surface area (Å²) in [6, 6.07) is 5.77. The number of aliphatic hydroxyl groups excluding tert-OH is 1. The highest BCUT2D eigenvalue weighted by molar-refractivity contribution is 6.31. The van der Waals surface area contributed by atoms with Gasteiger partial charge in [-0.3, -0.25) is 4.68 Å². The van der Waals surface area contributed by atoms with Crippen LogP contribution in [0.5, 0.6) is 5.75 Å². The zero-order valence-electron chi connectivity index (χ0n) is 12.9. The molecule has 1 N–H and O–H groups in total. The van der Waals surface area contributed by atoms with Gasteiger partial charge in [0.05, 0.1) is 29.6 Å². The first-order chi connectivity index (χ1) is 9.97. The number of nitrogens with zero attached hydrogens (tertiary/aromatic N) is 2. The van der Waals surface area contributed by atoms with Crippen molar-refractivity contribution in [3.05, 3.63) is 45.7 Å². The van der Waals surface area contributed by atoms with Crippen molar-refractivity contribution in [2.24, 2.45) is 7.05 Å². The number of hydrogen-bond acceptors (Lipinski definition) is 3. The first-order valence-electron chi connectivity index (χ1n) is 7.00. The first-order valence-corrected chi connectivity index (χ1v) is 7.38. The molecule has 0 spiro atoms. The van der Waals surface area contributed by atoms with Gasteiger partial charge in [0.25, 0.3) is 0 Å². The summed E-state index contributed by atoms with van der Waals surface area (Å²) in [5.74, 6) is 0.683. The predicted molar refractivity (Wildman–Crippen MR) is 84.0 cm³/mol. The summed E-state index contributed by atoms with van der Waals surface area (Å²) >= 11 is 6.34. The van der Waals surface area contributed by atoms with E-state index in [0.29, 0.717) is 17.2 Å². The van der Waals surface area contributed by atoms with Crippen molar-refractivity contribution in [1.82, 2.24) is 9.78 Å². The molecule has 0 fully saturated rings. The van der Waals surface area contributed by atoms with Crippen LogP contribution >= 0.6 is 11.6 Å². The third-order valence-corrected chi connectivity index (χ3v) is 4.07. The fourth-order valence-electron chi connectivity index (χ4n) is 2.45. The second-order valence-electron chi connectivity index (χ2n) is 5.15. The van der Waals surface area contributed by atoms with E-state index in [0.717, 1.165) is 28.9 Å². The molecule has 1 aromatic carbocycles. The molecular formula is C16H21ClN2O2. The van der Waals surface area contributed by atoms with Crippen LogP contribution in [0.3, 0.4) is 0 Å². The van der Waals surface area contributed by atoms with Gasteiger partial charge in [0, 0.05) is 19.0 Å². The average molecular weight is 309 g/mol. The molecule has 0 aliphatic carbocycles. The van der Waals surface area contributed by atoms with Gasteiger partial charge >= 0.3 is 0 Å². The van der Waals surface area contributed by atoms with Gasteiger partial charge in [-0.15, -0.1) is 0 Å². The van der Waals surface area contributed by atoms with E-state index in [2.05, 4.69) is 5.10 Å². The summed E-state index contributed by atoms with van der Waals surface area (Å²) < 4.78 is 7.07. The van der Waals surface area contributed by atoms with E-state index in [4.69, 9.17) is 16.3 Å². The van der Waals surface area contributed by atoms with Crippen LogP contribution in [0.25, 0.3) is 0 Å². The second kappa shape index (κ2) is 6.50. The van der Waals surface area contributed by atoms with Crippen LogP contribution in [0.1, 0.15) is 35.5 Å². The van der Waals surface area contributed by atoms with Crippen LogP contribution in [0, 0.1) is 6.92 Å². The molecule has 21 heavy (non-hydrogen) atoms. The molecule has 0 bridgehead atoms. The molecule has 1 atom stereocenters. The van der Waals surface area contributed by atoms with E-state index in [1.54, 1.807) is 11.8 Å². The van der Waals surface area contributed by atoms with Gasteiger partial charge in [-0.25, -0.2) is 0 Å². The first kappa shape index (κ1) is 15.9. The van der Waals surface area contributed by atoms with Crippen molar-refractivity contribution in [2.75, 3.05) is 7.11 Å². The van der Waals surface area contributed by atoms with Gasteiger partial charge in [0.1, 0.15) is 5.75 Å². The molecule has 2 rings (SSSR count). The summed E-state index contributed by atoms with van der Waals surface area (Å²) in [6.45, 7) is 4.00. The Balaban J connectivity index is 2.32. The van der Waals surface area contributed by atoms with E-state index < -0.39 is 6.10 Å². The Morgan fingerprint density at radius 2 is 2.14 bits per heavy atom. The van der Waals surface area contributed by atoms with E-state index in [1.807, 2.05) is 39.1 Å². The number of halogens is 1. The molecule has 1 unspecified atom stereocenters. The SMILES string of the molecule is CCc1nn(C)c(CC(O)c2cc(C)ccc2OC)c1Cl. The lowest BCUT2D eigenvalue weighted by Crippen LogP contribution is -2.08. The van der Waals surface area contributed by atoms with Gasteiger partial charge in [0.15, 0.2) is 0 Å². The highest BCUT2D eigenvalue weighted by Crippen LogP contribution is 2.31. The van der Waals surface area contributed by atoms with Crippen LogP contribution in [-0.4, -0.2) is 22.0 Å². The maximum Gasteiger partial charge on any atom is 0.124 e. The fraction of sp³-hybridized carbons (Fsp3) is 0.438. The Morgan fingerprint density at radius 1 is 1.43 bits per heavy atom. The number of hydrogen-bond donors (Lipinski definition) is 1. The smallest absolute Gasteiger partial charge is 0.124 e. The summed E-state index contributed by atoms with van der Waals surface area (Å²) in [6.07, 6.45) is 0.496. The van der Waals surface area contributed by atoms with Gasteiger partial charge in [-0.2, -0.15) is 5.10 Å². The molecule has 5 heteroatoms. The van der Waals surface area contributed by atoms with E-state index >= 15 is 0 Å². The molecule has 0 saturated heterocycles. The zero-order valence-corrected chi connectivity index (χ0v) is 13.6. The second-order valence-corrected chi connectivity index (χ2v) is 5.53. The number of methoxy groups -OCH3 is 1. The number of aliphatic hydroxyl groups is 1. The molecule has 1 heterocycles. The topological polar surface area (TPSA) is 47.3 Å². The van der Waals surface area contributed by atoms with E-state index in [1.165, 1.54) is 0 Å². The van der Waals surface area contributed by atoms with Crippen molar-refractivity contribution in [3.8, 4) is 5.75 Å². The number of aryl methyl sites for hydroxylation is 3. The summed E-state index contributed by atoms with van der Waals surface area (Å²) in [7, 11) is 3.45. The normalized spacial score (nSPS) is 12.5. The molecule has 0 radical (unpaired) electrons. The van der Waals surface area contributed by atoms with Crippen LogP contribution in [-0.2, 0) is 19.9 Å². The molecule has 0 saturated carbocycles. The average Bonchev–Trinajstić information content (AvgIpc) is 2.74. The minimum atomic E-state index is -0.683. The molecule has 0 amide bonds. The maximum absolute atomic E-state index is 10.6. The molecule has 114 valence electrons. The lowest BCUT2D eigenvalue weighted by molar-refractivity contribution is 0.171. The van der Waals surface area contributed by atoms with Gasteiger partial charge in [-0.05, 0) is 25.5 Å². The Morgan fingerprint density at radius 3 is 2.71 bits per heavy atom. The van der Waals surface area contributed by atoms with Crippen molar-refractivity contribution < 1.29 is 9.84 Å². The van der Waals surface area contributed by atoms with Crippen molar-refractivity contribution in [2.45, 2.75) is 32.8 Å². The lowest BCUT2D eigenvalue weighted by Gasteiger charge is -2.16. The van der Waals surface area contributed by atoms with Gasteiger partial charge in [-0.1, -0.05) is 30.2 Å². The maximum atomic E-state index is 10.6. The van der Waals surface area contributed by atoms with Crippen LogP contribution < -0.4 is 4.74 Å². The molecule has 4 nitrogen and oxygen atoms in total. The largest absolute Gasteiger partial charge is 0.496 e. The minimum Gasteiger partial charge on any atom is -0.496 e. The monoisotopic (exact) mass is 308 g/mol. The van der Waals surface area contributed by atoms with Crippen molar-refractivity contribution in [3.63, 3.8) is 0 Å². The van der Waals surface area contributed by atoms with E-state index in [9.17, 15) is 5.11 Å². The quantitative estimate of drug-likeness (QED) is 0.922. The third-order valence-electron chi connectivity index (χ3n) is 3.63. The number of ether oxygens (including phenoxy) is 1. The summed E-state index contributed by atoms with van der Waals surface area (Å²) in [5.41, 5.74) is 3.55. The molecule has 0 aliphatic rings. The molecule has 2 aromatic rings. The predicted octanol–water partition coefficient (Wildman–Crippen LogP) is 3.23. The lowest BCUT2D eigenvalue weighted by atomic mass is 10.0. The van der Waals surface area contributed by atoms with Crippen LogP contribution in [0.4, 0.5) is 0 Å². The highest BCUT2D eigenvalue weighted by atomic mass is 35.5. The van der Waals surface area contributed by atoms with Crippen LogP contribution in [0.2, 0.25) is 5.02 Å². The van der Waals surface area contributed by atoms with Gasteiger partial charge < -0.3 is 9.84 Å². The molecule has 1 aromatic heterocycles. The Labute approximate surface area is 130 Å². The Bertz CT molecular complexity index is 637. The number of aromatic nitrogens is 2. The Hall–Kier alpha value is -1.52. The number of benzene rings is 1. The Kier molecular flexibility index (Phi) is 4.91. The number of rotatable bonds is 5. The summed E-state index contributed by atoms with van der Waals surface area (Å²) in [5, 5.41) is 15.6. The zero-order chi connectivity index (χ0) is 15.6. The minimum absolute atomic E-state index is 0.405.